The average Bonchev–Trinajstić information content (AvgIpc) is 3.40. The molecule has 51 heavy (non-hydrogen) atoms. The van der Waals surface area contributed by atoms with Gasteiger partial charge in [-0.15, -0.1) is 0 Å². The number of hydrogen-bond donors (Lipinski definition) is 0. The number of nitro benzene ring substituents is 1. The molecule has 0 N–H and O–H groups in total. The van der Waals surface area contributed by atoms with Crippen LogP contribution in [0.2, 0.25) is 10.0 Å². The van der Waals surface area contributed by atoms with Crippen molar-refractivity contribution in [2.75, 3.05) is 26.9 Å². The summed E-state index contributed by atoms with van der Waals surface area (Å²) in [5, 5.41) is 11.4. The molecule has 16 heteroatoms. The van der Waals surface area contributed by atoms with E-state index in [2.05, 4.69) is 9.73 Å². The van der Waals surface area contributed by atoms with Crippen LogP contribution < -0.4 is 29.1 Å². The van der Waals surface area contributed by atoms with Crippen LogP contribution in [0.1, 0.15) is 43.5 Å². The van der Waals surface area contributed by atoms with Gasteiger partial charge in [0, 0.05) is 12.1 Å². The highest BCUT2D eigenvalue weighted by molar-refractivity contribution is 7.07. The Labute approximate surface area is 305 Å². The summed E-state index contributed by atoms with van der Waals surface area (Å²) in [5.41, 5.74) is 1.55. The summed E-state index contributed by atoms with van der Waals surface area (Å²) >= 11 is 14.2. The lowest BCUT2D eigenvalue weighted by atomic mass is 9.95. The minimum Gasteiger partial charge on any atom is -0.490 e. The van der Waals surface area contributed by atoms with E-state index in [-0.39, 0.29) is 69.5 Å². The second-order valence-corrected chi connectivity index (χ2v) is 12.7. The first-order valence-corrected chi connectivity index (χ1v) is 17.0. The number of esters is 2. The highest BCUT2D eigenvalue weighted by Gasteiger charge is 2.34. The van der Waals surface area contributed by atoms with Gasteiger partial charge in [0.2, 0.25) is 0 Å². The molecule has 4 aromatic rings. The van der Waals surface area contributed by atoms with Gasteiger partial charge < -0.3 is 23.7 Å². The first kappa shape index (κ1) is 37.1. The van der Waals surface area contributed by atoms with Crippen molar-refractivity contribution in [2.24, 2.45) is 4.99 Å². The van der Waals surface area contributed by atoms with Gasteiger partial charge in [-0.3, -0.25) is 19.5 Å². The summed E-state index contributed by atoms with van der Waals surface area (Å²) < 4.78 is 29.0. The van der Waals surface area contributed by atoms with Crippen LogP contribution in [0.25, 0.3) is 6.08 Å². The van der Waals surface area contributed by atoms with Gasteiger partial charge in [0.1, 0.15) is 6.61 Å². The van der Waals surface area contributed by atoms with E-state index < -0.39 is 28.5 Å². The summed E-state index contributed by atoms with van der Waals surface area (Å²) in [5.74, 6) is -0.496. The van der Waals surface area contributed by atoms with Crippen molar-refractivity contribution in [3.8, 4) is 17.2 Å². The van der Waals surface area contributed by atoms with E-state index in [9.17, 15) is 24.5 Å². The highest BCUT2D eigenvalue weighted by Crippen LogP contribution is 2.37. The lowest BCUT2D eigenvalue weighted by Crippen LogP contribution is -2.40. The maximum absolute atomic E-state index is 14.2. The van der Waals surface area contributed by atoms with E-state index in [0.29, 0.717) is 27.2 Å². The van der Waals surface area contributed by atoms with Crippen molar-refractivity contribution < 1.29 is 38.2 Å². The molecule has 0 unspecified atom stereocenters. The Bertz CT molecular complexity index is 2210. The lowest BCUT2D eigenvalue weighted by Gasteiger charge is -2.25. The summed E-state index contributed by atoms with van der Waals surface area (Å²) in [4.78, 5) is 54.8. The molecule has 1 aliphatic rings. The number of benzene rings is 3. The number of thiazole rings is 1. The van der Waals surface area contributed by atoms with Gasteiger partial charge in [0.25, 0.3) is 11.2 Å². The number of nitrogens with zero attached hydrogens (tertiary/aromatic N) is 3. The number of carbonyl (C=O) groups is 2. The first-order valence-electron chi connectivity index (χ1n) is 15.5. The number of hydrogen-bond acceptors (Lipinski definition) is 12. The molecule has 3 aromatic carbocycles. The lowest BCUT2D eigenvalue weighted by molar-refractivity contribution is -0.384. The average molecular weight is 757 g/mol. The van der Waals surface area contributed by atoms with Crippen LogP contribution in [0.15, 0.2) is 75.7 Å². The molecule has 266 valence electrons. The van der Waals surface area contributed by atoms with Crippen molar-refractivity contribution in [1.82, 2.24) is 4.57 Å². The number of methoxy groups -OCH3 is 1. The van der Waals surface area contributed by atoms with Crippen LogP contribution in [0.3, 0.4) is 0 Å². The highest BCUT2D eigenvalue weighted by atomic mass is 35.5. The molecular weight excluding hydrogens is 725 g/mol. The Kier molecular flexibility index (Phi) is 11.8. The molecule has 0 radical (unpaired) electrons. The van der Waals surface area contributed by atoms with Gasteiger partial charge in [0.05, 0.1) is 57.1 Å². The number of carbonyl (C=O) groups excluding carboxylic acids is 2. The zero-order chi connectivity index (χ0) is 36.8. The van der Waals surface area contributed by atoms with Crippen molar-refractivity contribution in [1.29, 1.82) is 0 Å². The fourth-order valence-corrected chi connectivity index (χ4v) is 6.91. The van der Waals surface area contributed by atoms with Gasteiger partial charge >= 0.3 is 11.9 Å². The van der Waals surface area contributed by atoms with Crippen LogP contribution in [-0.2, 0) is 25.7 Å². The maximum Gasteiger partial charge on any atom is 0.343 e. The van der Waals surface area contributed by atoms with E-state index in [1.165, 1.54) is 23.8 Å². The van der Waals surface area contributed by atoms with Gasteiger partial charge in [-0.2, -0.15) is 0 Å². The Morgan fingerprint density at radius 2 is 1.76 bits per heavy atom. The zero-order valence-electron chi connectivity index (χ0n) is 27.8. The third kappa shape index (κ3) is 8.25. The summed E-state index contributed by atoms with van der Waals surface area (Å²) in [6.45, 7) is 5.12. The molecule has 0 saturated heterocycles. The topological polar surface area (TPSA) is 158 Å². The summed E-state index contributed by atoms with van der Waals surface area (Å²) in [6, 6.07) is 13.1. The zero-order valence-corrected chi connectivity index (χ0v) is 30.1. The molecule has 5 rings (SSSR count). The Hall–Kier alpha value is -5.18. The molecule has 0 aliphatic carbocycles. The van der Waals surface area contributed by atoms with E-state index >= 15 is 0 Å². The fraction of sp³-hybridized carbons (Fsp3) is 0.257. The number of halogens is 2. The number of non-ortho nitro benzene ring substituents is 1. The maximum atomic E-state index is 14.2. The van der Waals surface area contributed by atoms with E-state index in [1.807, 2.05) is 0 Å². The SMILES string of the molecule is CCOC(=O)C1=C(C)N=c2s/c(=C\c3cc(Cl)c(OCc4cccc([N+](=O)[O-])c4)c(Cl)c3)c(=O)n2[C@H]1c1ccc(OCC(=O)OC)c(OCC)c1. The van der Waals surface area contributed by atoms with Crippen molar-refractivity contribution in [2.45, 2.75) is 33.4 Å². The molecular formula is C35H31Cl2N3O10S. The molecule has 13 nitrogen and oxygen atoms in total. The van der Waals surface area contributed by atoms with E-state index in [1.54, 1.807) is 69.3 Å². The molecule has 1 aliphatic heterocycles. The minimum atomic E-state index is -0.951. The molecule has 0 saturated carbocycles. The number of ether oxygens (including phenoxy) is 5. The Morgan fingerprint density at radius 1 is 1.02 bits per heavy atom. The number of allylic oxidation sites excluding steroid dienone is 1. The second-order valence-electron chi connectivity index (χ2n) is 10.8. The predicted octanol–water partition coefficient (Wildman–Crippen LogP) is 5.54. The van der Waals surface area contributed by atoms with Crippen molar-refractivity contribution in [3.63, 3.8) is 0 Å². The Balaban J connectivity index is 1.55. The number of aromatic nitrogens is 1. The smallest absolute Gasteiger partial charge is 0.343 e. The molecule has 2 heterocycles. The summed E-state index contributed by atoms with van der Waals surface area (Å²) in [6.07, 6.45) is 1.60. The minimum absolute atomic E-state index is 0.0232. The van der Waals surface area contributed by atoms with Gasteiger partial charge in [-0.25, -0.2) is 14.6 Å². The van der Waals surface area contributed by atoms with Crippen LogP contribution in [0.5, 0.6) is 17.2 Å². The number of rotatable bonds is 13. The third-order valence-corrected chi connectivity index (χ3v) is 9.04. The van der Waals surface area contributed by atoms with Gasteiger partial charge in [-0.1, -0.05) is 52.7 Å². The number of nitro groups is 1. The van der Waals surface area contributed by atoms with Gasteiger partial charge in [-0.05, 0) is 67.8 Å². The third-order valence-electron chi connectivity index (χ3n) is 7.50. The monoisotopic (exact) mass is 755 g/mol. The van der Waals surface area contributed by atoms with E-state index in [0.717, 1.165) is 11.3 Å². The number of fused-ring (bicyclic) bond motifs is 1. The van der Waals surface area contributed by atoms with Crippen molar-refractivity contribution >= 4 is 58.2 Å². The Morgan fingerprint density at radius 3 is 2.43 bits per heavy atom. The standard InChI is InChI=1S/C35H31Cl2N3O10S/c1-5-47-27-16-22(10-11-26(27)49-18-29(41)46-4)31-30(34(43)48-6-2)19(3)38-35-39(31)33(42)28(51-35)15-21-13-24(36)32(25(37)14-21)50-17-20-8-7-9-23(12-20)40(44)45/h7-16,31H,5-6,17-18H2,1-4H3/b28-15-/t31-/m0/s1. The van der Waals surface area contributed by atoms with Crippen molar-refractivity contribution in [3.05, 3.63) is 122 Å². The molecule has 1 aromatic heterocycles. The molecule has 0 fully saturated rings. The first-order chi connectivity index (χ1) is 24.4. The van der Waals surface area contributed by atoms with Crippen LogP contribution in [0, 0.1) is 10.1 Å². The van der Waals surface area contributed by atoms with Crippen LogP contribution in [-0.4, -0.2) is 48.4 Å². The summed E-state index contributed by atoms with van der Waals surface area (Å²) in [7, 11) is 1.25. The normalized spacial score (nSPS) is 14.0. The molecule has 1 atom stereocenters. The fourth-order valence-electron chi connectivity index (χ4n) is 5.25. The van der Waals surface area contributed by atoms with Gasteiger partial charge in [0.15, 0.2) is 28.7 Å². The molecule has 0 amide bonds. The largest absolute Gasteiger partial charge is 0.490 e. The second kappa shape index (κ2) is 16.2. The van der Waals surface area contributed by atoms with Crippen LogP contribution in [0.4, 0.5) is 5.69 Å². The van der Waals surface area contributed by atoms with Crippen LogP contribution >= 0.6 is 34.5 Å². The predicted molar refractivity (Wildman–Crippen MR) is 189 cm³/mol. The van der Waals surface area contributed by atoms with E-state index in [4.69, 9.17) is 42.1 Å². The quantitative estimate of drug-likeness (QED) is 0.0964. The molecule has 0 spiro atoms. The molecule has 0 bridgehead atoms.